The molecule has 196 valence electrons. The predicted octanol–water partition coefficient (Wildman–Crippen LogP) is 5.38. The molecule has 0 N–H and O–H groups in total. The van der Waals surface area contributed by atoms with Crippen molar-refractivity contribution in [3.05, 3.63) is 107 Å². The highest BCUT2D eigenvalue weighted by atomic mass is 32.2. The Morgan fingerprint density at radius 2 is 1.76 bits per heavy atom. The first-order valence-corrected chi connectivity index (χ1v) is 13.5. The van der Waals surface area contributed by atoms with E-state index in [9.17, 15) is 22.0 Å². The quantitative estimate of drug-likeness (QED) is 0.364. The van der Waals surface area contributed by atoms with E-state index in [1.807, 2.05) is 6.07 Å². The second-order valence-corrected chi connectivity index (χ2v) is 10.5. The zero-order chi connectivity index (χ0) is 26.6. The highest BCUT2D eigenvalue weighted by molar-refractivity contribution is 7.86. The summed E-state index contributed by atoms with van der Waals surface area (Å²) in [4.78, 5) is 14.4. The molecule has 0 spiro atoms. The zero-order valence-electron chi connectivity index (χ0n) is 20.0. The van der Waals surface area contributed by atoms with E-state index in [4.69, 9.17) is 8.92 Å². The van der Waals surface area contributed by atoms with Crippen LogP contribution in [0.4, 0.5) is 18.0 Å². The summed E-state index contributed by atoms with van der Waals surface area (Å²) in [7, 11) is -4.15. The summed E-state index contributed by atoms with van der Waals surface area (Å²) in [6, 6.07) is 16.8. The van der Waals surface area contributed by atoms with Crippen LogP contribution in [0.25, 0.3) is 0 Å². The van der Waals surface area contributed by atoms with Gasteiger partial charge in [-0.25, -0.2) is 18.0 Å². The largest absolute Gasteiger partial charge is 0.445 e. The van der Waals surface area contributed by atoms with Crippen LogP contribution in [0, 0.1) is 17.5 Å². The molecule has 1 aliphatic rings. The van der Waals surface area contributed by atoms with Gasteiger partial charge in [-0.3, -0.25) is 4.18 Å². The first-order valence-electron chi connectivity index (χ1n) is 11.7. The van der Waals surface area contributed by atoms with Gasteiger partial charge in [-0.15, -0.1) is 0 Å². The minimum Gasteiger partial charge on any atom is -0.445 e. The van der Waals surface area contributed by atoms with E-state index in [0.29, 0.717) is 12.8 Å². The molecule has 0 bridgehead atoms. The summed E-state index contributed by atoms with van der Waals surface area (Å²) < 4.78 is 79.3. The Morgan fingerprint density at radius 3 is 2.46 bits per heavy atom. The predicted molar refractivity (Wildman–Crippen MR) is 131 cm³/mol. The van der Waals surface area contributed by atoms with E-state index in [0.717, 1.165) is 24.0 Å². The van der Waals surface area contributed by atoms with Crippen molar-refractivity contribution in [2.45, 2.75) is 37.5 Å². The fourth-order valence-corrected chi connectivity index (χ4v) is 5.36. The number of carbonyl (C=O) groups is 1. The lowest BCUT2D eigenvalue weighted by molar-refractivity contribution is 0.0545. The summed E-state index contributed by atoms with van der Waals surface area (Å²) in [5.41, 5.74) is 0.710. The number of benzene rings is 3. The second kappa shape index (κ2) is 11.4. The van der Waals surface area contributed by atoms with Crippen LogP contribution in [0.1, 0.15) is 35.4 Å². The van der Waals surface area contributed by atoms with Crippen LogP contribution in [0.5, 0.6) is 0 Å². The third-order valence-corrected chi connectivity index (χ3v) is 6.83. The number of carbonyl (C=O) groups excluding carboxylic acids is 1. The molecule has 1 saturated heterocycles. The van der Waals surface area contributed by atoms with Gasteiger partial charge in [0.2, 0.25) is 0 Å². The fraction of sp³-hybridized carbons (Fsp3) is 0.296. The minimum absolute atomic E-state index is 0.00760. The summed E-state index contributed by atoms with van der Waals surface area (Å²) in [6.45, 7) is 0.232. The van der Waals surface area contributed by atoms with E-state index in [1.165, 1.54) is 35.2 Å². The topological polar surface area (TPSA) is 72.9 Å². The van der Waals surface area contributed by atoms with Gasteiger partial charge in [0, 0.05) is 18.0 Å². The summed E-state index contributed by atoms with van der Waals surface area (Å²) in [5, 5.41) is 0. The van der Waals surface area contributed by atoms with Gasteiger partial charge in [0.25, 0.3) is 10.1 Å². The lowest BCUT2D eigenvalue weighted by Crippen LogP contribution is -2.47. The Kier molecular flexibility index (Phi) is 8.19. The van der Waals surface area contributed by atoms with Crippen molar-refractivity contribution in [3.8, 4) is 0 Å². The number of likely N-dealkylation sites (tertiary alicyclic amines) is 1. The molecule has 0 saturated carbocycles. The number of nitrogens with zero attached hydrogens (tertiary/aromatic N) is 1. The Bertz CT molecular complexity index is 1350. The lowest BCUT2D eigenvalue weighted by Gasteiger charge is -2.36. The average molecular weight is 534 g/mol. The summed E-state index contributed by atoms with van der Waals surface area (Å²) in [5.74, 6) is -4.27. The SMILES string of the molecule is CS(=O)(=O)O[C@H]([C@H](c1cccc(F)c1)c1cccc(F)c1F)[C@H]1CCCN1C(=O)OCc1ccccc1. The Hall–Kier alpha value is -3.37. The number of rotatable bonds is 8. The molecule has 6 nitrogen and oxygen atoms in total. The van der Waals surface area contributed by atoms with E-state index < -0.39 is 51.7 Å². The molecule has 1 fully saturated rings. The van der Waals surface area contributed by atoms with Crippen LogP contribution in [0.2, 0.25) is 0 Å². The third kappa shape index (κ3) is 6.50. The van der Waals surface area contributed by atoms with Crippen LogP contribution in [-0.2, 0) is 25.6 Å². The van der Waals surface area contributed by atoms with Crippen molar-refractivity contribution in [2.75, 3.05) is 12.8 Å². The monoisotopic (exact) mass is 533 g/mol. The van der Waals surface area contributed by atoms with Crippen molar-refractivity contribution in [1.82, 2.24) is 4.90 Å². The van der Waals surface area contributed by atoms with Crippen LogP contribution >= 0.6 is 0 Å². The van der Waals surface area contributed by atoms with Crippen molar-refractivity contribution < 1.29 is 35.3 Å². The highest BCUT2D eigenvalue weighted by Gasteiger charge is 2.44. The van der Waals surface area contributed by atoms with Gasteiger partial charge in [0.05, 0.1) is 12.3 Å². The standard InChI is InChI=1S/C27H26F3NO5S/c1-37(33,34)36-26(23-14-7-15-31(23)27(32)35-17-18-8-3-2-4-9-18)24(19-10-5-11-20(28)16-19)21-12-6-13-22(29)25(21)30/h2-6,8-13,16,23-24,26H,7,14-15,17H2,1H3/t23-,24-,26+/m1/s1. The van der Waals surface area contributed by atoms with E-state index in [2.05, 4.69) is 0 Å². The zero-order valence-corrected chi connectivity index (χ0v) is 20.8. The number of hydrogen-bond acceptors (Lipinski definition) is 5. The van der Waals surface area contributed by atoms with Crippen molar-refractivity contribution in [1.29, 1.82) is 0 Å². The lowest BCUT2D eigenvalue weighted by atomic mass is 9.82. The van der Waals surface area contributed by atoms with Crippen molar-refractivity contribution in [2.24, 2.45) is 0 Å². The Morgan fingerprint density at radius 1 is 1.03 bits per heavy atom. The molecule has 3 atom stereocenters. The van der Waals surface area contributed by atoms with Gasteiger partial charge in [-0.1, -0.05) is 54.6 Å². The number of halogens is 3. The molecule has 0 aromatic heterocycles. The maximum absolute atomic E-state index is 15.1. The van der Waals surface area contributed by atoms with E-state index in [1.54, 1.807) is 24.3 Å². The molecular weight excluding hydrogens is 507 g/mol. The molecule has 4 rings (SSSR count). The van der Waals surface area contributed by atoms with E-state index in [-0.39, 0.29) is 24.3 Å². The molecule has 0 radical (unpaired) electrons. The van der Waals surface area contributed by atoms with Gasteiger partial charge in [0.1, 0.15) is 18.5 Å². The molecule has 1 amide bonds. The van der Waals surface area contributed by atoms with Crippen molar-refractivity contribution >= 4 is 16.2 Å². The van der Waals surface area contributed by atoms with Gasteiger partial charge in [0.15, 0.2) is 11.6 Å². The number of amides is 1. The highest BCUT2D eigenvalue weighted by Crippen LogP contribution is 2.39. The molecule has 0 aliphatic carbocycles. The third-order valence-electron chi connectivity index (χ3n) is 6.26. The maximum Gasteiger partial charge on any atom is 0.410 e. The smallest absolute Gasteiger partial charge is 0.410 e. The molecule has 1 heterocycles. The maximum atomic E-state index is 15.1. The molecular formula is C27H26F3NO5S. The van der Waals surface area contributed by atoms with Crippen LogP contribution in [0.3, 0.4) is 0 Å². The number of hydrogen-bond donors (Lipinski definition) is 0. The van der Waals surface area contributed by atoms with Crippen LogP contribution in [0.15, 0.2) is 72.8 Å². The molecule has 3 aromatic rings. The number of ether oxygens (including phenoxy) is 1. The first-order chi connectivity index (χ1) is 17.6. The molecule has 1 aliphatic heterocycles. The molecule has 0 unspecified atom stereocenters. The molecule has 3 aromatic carbocycles. The molecule has 10 heteroatoms. The average Bonchev–Trinajstić information content (AvgIpc) is 3.35. The van der Waals surface area contributed by atoms with Crippen molar-refractivity contribution in [3.63, 3.8) is 0 Å². The molecule has 37 heavy (non-hydrogen) atoms. The van der Waals surface area contributed by atoms with Gasteiger partial charge >= 0.3 is 6.09 Å². The van der Waals surface area contributed by atoms with Crippen LogP contribution < -0.4 is 0 Å². The second-order valence-electron chi connectivity index (χ2n) is 8.88. The Balaban J connectivity index is 1.75. The minimum atomic E-state index is -4.15. The van der Waals surface area contributed by atoms with Crippen LogP contribution in [-0.4, -0.2) is 44.4 Å². The fourth-order valence-electron chi connectivity index (χ4n) is 4.71. The Labute approximate surface area is 213 Å². The van der Waals surface area contributed by atoms with Gasteiger partial charge < -0.3 is 9.64 Å². The first kappa shape index (κ1) is 26.7. The van der Waals surface area contributed by atoms with Gasteiger partial charge in [-0.2, -0.15) is 8.42 Å². The van der Waals surface area contributed by atoms with E-state index >= 15 is 4.39 Å². The summed E-state index contributed by atoms with van der Waals surface area (Å²) in [6.07, 6.45) is -0.456. The normalized spacial score (nSPS) is 17.4. The summed E-state index contributed by atoms with van der Waals surface area (Å²) >= 11 is 0. The van der Waals surface area contributed by atoms with Gasteiger partial charge in [-0.05, 0) is 42.2 Å².